The van der Waals surface area contributed by atoms with E-state index in [0.717, 1.165) is 93.9 Å². The third kappa shape index (κ3) is 8.62. The Morgan fingerprint density at radius 1 is 0.369 bits per heavy atom. The molecule has 3 aromatic heterocycles. The minimum Gasteiger partial charge on any atom is -0.340 e. The molecule has 7 aromatic carbocycles. The van der Waals surface area contributed by atoms with Crippen LogP contribution in [0, 0.1) is 0 Å². The second-order valence-corrected chi connectivity index (χ2v) is 17.0. The molecular weight excluding hydrogens is 791 g/mol. The summed E-state index contributed by atoms with van der Waals surface area (Å²) in [6.45, 7) is 7.65. The molecule has 0 fully saturated rings. The molecule has 0 bridgehead atoms. The standard InChI is InChI=1S/C60H53N5/c1-4-7-21-41-31-32-57-51(33-41)52-35-42(22-8-5-2)34-50(58(52)65(57)6-3)47-36-48(59-61-53(43-23-13-9-14-24-43)39-54(62-59)44-25-15-10-16-26-44)38-49(37-47)60-63-55(45-27-17-11-18-28-45)40-56(64-60)46-29-19-12-20-30-46/h9-20,23-40H,4-8,21-22H2,1-3H3. The molecule has 0 unspecified atom stereocenters. The van der Waals surface area contributed by atoms with E-state index in [4.69, 9.17) is 19.9 Å². The molecular formula is C60H53N5. The van der Waals surface area contributed by atoms with Crippen LogP contribution < -0.4 is 0 Å². The zero-order valence-electron chi connectivity index (χ0n) is 37.5. The summed E-state index contributed by atoms with van der Waals surface area (Å²) in [4.78, 5) is 21.5. The topological polar surface area (TPSA) is 56.5 Å². The average molecular weight is 844 g/mol. The second kappa shape index (κ2) is 18.7. The number of benzene rings is 7. The van der Waals surface area contributed by atoms with Gasteiger partial charge in [-0.1, -0.05) is 154 Å². The van der Waals surface area contributed by atoms with Gasteiger partial charge >= 0.3 is 0 Å². The van der Waals surface area contributed by atoms with E-state index >= 15 is 0 Å². The van der Waals surface area contributed by atoms with Crippen molar-refractivity contribution in [2.45, 2.75) is 65.8 Å². The van der Waals surface area contributed by atoms with Crippen LogP contribution in [-0.4, -0.2) is 24.5 Å². The van der Waals surface area contributed by atoms with Crippen molar-refractivity contribution in [1.29, 1.82) is 0 Å². The molecule has 5 heteroatoms. The predicted molar refractivity (Wildman–Crippen MR) is 272 cm³/mol. The van der Waals surface area contributed by atoms with Crippen LogP contribution in [0.3, 0.4) is 0 Å². The maximum Gasteiger partial charge on any atom is 0.160 e. The molecule has 0 spiro atoms. The van der Waals surface area contributed by atoms with Gasteiger partial charge in [0.15, 0.2) is 11.6 Å². The van der Waals surface area contributed by atoms with Crippen molar-refractivity contribution in [2.24, 2.45) is 0 Å². The summed E-state index contributed by atoms with van der Waals surface area (Å²) in [7, 11) is 0. The van der Waals surface area contributed by atoms with Gasteiger partial charge in [0.2, 0.25) is 0 Å². The summed E-state index contributed by atoms with van der Waals surface area (Å²) in [6, 6.07) is 64.7. The summed E-state index contributed by atoms with van der Waals surface area (Å²) >= 11 is 0. The van der Waals surface area contributed by atoms with Gasteiger partial charge in [-0.05, 0) is 104 Å². The van der Waals surface area contributed by atoms with Gasteiger partial charge < -0.3 is 4.57 Å². The highest BCUT2D eigenvalue weighted by Gasteiger charge is 2.21. The van der Waals surface area contributed by atoms with Crippen LogP contribution in [0.1, 0.15) is 57.6 Å². The van der Waals surface area contributed by atoms with Crippen molar-refractivity contribution in [2.75, 3.05) is 0 Å². The van der Waals surface area contributed by atoms with Gasteiger partial charge in [-0.3, -0.25) is 0 Å². The highest BCUT2D eigenvalue weighted by atomic mass is 15.0. The fourth-order valence-corrected chi connectivity index (χ4v) is 9.18. The normalized spacial score (nSPS) is 11.4. The highest BCUT2D eigenvalue weighted by molar-refractivity contribution is 6.13. The van der Waals surface area contributed by atoms with Crippen molar-refractivity contribution < 1.29 is 0 Å². The number of nitrogens with zero attached hydrogens (tertiary/aromatic N) is 5. The average Bonchev–Trinajstić information content (AvgIpc) is 3.70. The lowest BCUT2D eigenvalue weighted by molar-refractivity contribution is 0.794. The van der Waals surface area contributed by atoms with Crippen LogP contribution in [0.4, 0.5) is 0 Å². The van der Waals surface area contributed by atoms with Crippen molar-refractivity contribution >= 4 is 21.8 Å². The van der Waals surface area contributed by atoms with Gasteiger partial charge in [-0.25, -0.2) is 19.9 Å². The largest absolute Gasteiger partial charge is 0.340 e. The minimum atomic E-state index is 0.644. The lowest BCUT2D eigenvalue weighted by atomic mass is 9.93. The number of hydrogen-bond donors (Lipinski definition) is 0. The fourth-order valence-electron chi connectivity index (χ4n) is 9.18. The Hall–Kier alpha value is -7.50. The van der Waals surface area contributed by atoms with Crippen LogP contribution in [0.2, 0.25) is 0 Å². The Kier molecular flexibility index (Phi) is 11.9. The molecule has 0 radical (unpaired) electrons. The van der Waals surface area contributed by atoms with Crippen molar-refractivity contribution in [3.63, 3.8) is 0 Å². The highest BCUT2D eigenvalue weighted by Crippen LogP contribution is 2.41. The van der Waals surface area contributed by atoms with E-state index in [9.17, 15) is 0 Å². The third-order valence-corrected chi connectivity index (χ3v) is 12.5. The van der Waals surface area contributed by atoms with Gasteiger partial charge in [-0.15, -0.1) is 0 Å². The van der Waals surface area contributed by atoms with Gasteiger partial charge in [0.25, 0.3) is 0 Å². The van der Waals surface area contributed by atoms with Gasteiger partial charge in [0.05, 0.1) is 28.3 Å². The van der Waals surface area contributed by atoms with Gasteiger partial charge in [-0.2, -0.15) is 0 Å². The summed E-state index contributed by atoms with van der Waals surface area (Å²) in [5.74, 6) is 1.29. The summed E-state index contributed by atoms with van der Waals surface area (Å²) in [5.41, 5.74) is 16.9. The third-order valence-electron chi connectivity index (χ3n) is 12.5. The van der Waals surface area contributed by atoms with E-state index < -0.39 is 0 Å². The lowest BCUT2D eigenvalue weighted by Gasteiger charge is -2.16. The first-order chi connectivity index (χ1) is 32.1. The fraction of sp³-hybridized carbons (Fsp3) is 0.167. The predicted octanol–water partition coefficient (Wildman–Crippen LogP) is 15.7. The van der Waals surface area contributed by atoms with Crippen LogP contribution in [-0.2, 0) is 19.4 Å². The molecule has 318 valence electrons. The molecule has 3 heterocycles. The maximum atomic E-state index is 5.37. The van der Waals surface area contributed by atoms with E-state index in [1.54, 1.807) is 0 Å². The molecule has 0 N–H and O–H groups in total. The molecule has 10 aromatic rings. The summed E-state index contributed by atoms with van der Waals surface area (Å²) in [5, 5.41) is 2.63. The molecule has 5 nitrogen and oxygen atoms in total. The monoisotopic (exact) mass is 843 g/mol. The molecule has 65 heavy (non-hydrogen) atoms. The molecule has 0 amide bonds. The summed E-state index contributed by atoms with van der Waals surface area (Å²) < 4.78 is 2.51. The van der Waals surface area contributed by atoms with Crippen molar-refractivity contribution in [3.05, 3.63) is 193 Å². The van der Waals surface area contributed by atoms with Crippen LogP contribution in [0.25, 0.3) is 101 Å². The molecule has 0 saturated carbocycles. The Balaban J connectivity index is 1.28. The van der Waals surface area contributed by atoms with Crippen molar-refractivity contribution in [1.82, 2.24) is 24.5 Å². The van der Waals surface area contributed by atoms with Crippen LogP contribution in [0.15, 0.2) is 182 Å². The Morgan fingerprint density at radius 2 is 0.785 bits per heavy atom. The Bertz CT molecular complexity index is 2990. The first kappa shape index (κ1) is 41.5. The number of aromatic nitrogens is 5. The van der Waals surface area contributed by atoms with E-state index in [-0.39, 0.29) is 0 Å². The zero-order valence-corrected chi connectivity index (χ0v) is 37.5. The number of fused-ring (bicyclic) bond motifs is 3. The van der Waals surface area contributed by atoms with E-state index in [1.165, 1.54) is 51.3 Å². The number of rotatable bonds is 14. The maximum absolute atomic E-state index is 5.37. The van der Waals surface area contributed by atoms with E-state index in [1.807, 2.05) is 24.3 Å². The molecule has 10 rings (SSSR count). The lowest BCUT2D eigenvalue weighted by Crippen LogP contribution is -2.00. The Morgan fingerprint density at radius 3 is 1.22 bits per heavy atom. The van der Waals surface area contributed by atoms with Gasteiger partial charge in [0, 0.05) is 61.8 Å². The SMILES string of the molecule is CCCCc1ccc2c(c1)c1cc(CCCC)cc(-c3cc(-c4nc(-c5ccccc5)cc(-c5ccccc5)n4)cc(-c4nc(-c5ccccc5)cc(-c5ccccc5)n4)c3)c1n2CC. The quantitative estimate of drug-likeness (QED) is 0.109. The first-order valence-electron chi connectivity index (χ1n) is 23.3. The molecule has 0 aliphatic heterocycles. The number of aryl methyl sites for hydroxylation is 3. The van der Waals surface area contributed by atoms with E-state index in [0.29, 0.717) is 11.6 Å². The Labute approximate surface area is 382 Å². The van der Waals surface area contributed by atoms with Gasteiger partial charge in [0.1, 0.15) is 0 Å². The number of hydrogen-bond acceptors (Lipinski definition) is 4. The van der Waals surface area contributed by atoms with Crippen LogP contribution >= 0.6 is 0 Å². The smallest absolute Gasteiger partial charge is 0.160 e. The van der Waals surface area contributed by atoms with Crippen LogP contribution in [0.5, 0.6) is 0 Å². The summed E-state index contributed by atoms with van der Waals surface area (Å²) in [6.07, 6.45) is 6.69. The minimum absolute atomic E-state index is 0.644. The second-order valence-electron chi connectivity index (χ2n) is 17.0. The molecule has 0 aliphatic carbocycles. The van der Waals surface area contributed by atoms with Crippen molar-refractivity contribution in [3.8, 4) is 78.9 Å². The molecule has 0 aliphatic rings. The van der Waals surface area contributed by atoms with E-state index in [2.05, 4.69) is 183 Å². The zero-order chi connectivity index (χ0) is 44.1. The first-order valence-corrected chi connectivity index (χ1v) is 23.3. The molecule has 0 atom stereocenters. The molecule has 0 saturated heterocycles. The number of unbranched alkanes of at least 4 members (excludes halogenated alkanes) is 2.